The molecule has 1 aliphatic rings. The van der Waals surface area contributed by atoms with E-state index < -0.39 is 11.3 Å². The first-order valence-corrected chi connectivity index (χ1v) is 8.62. The van der Waals surface area contributed by atoms with Crippen LogP contribution in [0.3, 0.4) is 0 Å². The molecule has 1 atom stereocenters. The Bertz CT molecular complexity index is 1020. The van der Waals surface area contributed by atoms with Crippen LogP contribution in [0.2, 0.25) is 0 Å². The summed E-state index contributed by atoms with van der Waals surface area (Å²) in [4.78, 5) is 26.9. The van der Waals surface area contributed by atoms with Crippen molar-refractivity contribution in [2.75, 3.05) is 6.61 Å². The van der Waals surface area contributed by atoms with Gasteiger partial charge in [0.05, 0.1) is 21.6 Å². The normalized spacial score (nSPS) is 17.0. The van der Waals surface area contributed by atoms with Crippen molar-refractivity contribution in [3.05, 3.63) is 60.1 Å². The van der Waals surface area contributed by atoms with Crippen molar-refractivity contribution in [1.82, 2.24) is 9.56 Å². The number of nitrogens with zero attached hydrogens (tertiary/aromatic N) is 2. The van der Waals surface area contributed by atoms with Crippen LogP contribution in [0.5, 0.6) is 5.75 Å². The van der Waals surface area contributed by atoms with Crippen LogP contribution >= 0.6 is 22.6 Å². The van der Waals surface area contributed by atoms with E-state index in [4.69, 9.17) is 13.7 Å². The van der Waals surface area contributed by atoms with Crippen molar-refractivity contribution in [3.8, 4) is 5.75 Å². The fourth-order valence-corrected chi connectivity index (χ4v) is 3.44. The van der Waals surface area contributed by atoms with Crippen LogP contribution in [0, 0.1) is 9.49 Å². The zero-order valence-electron chi connectivity index (χ0n) is 12.5. The number of aromatic nitrogens is 2. The van der Waals surface area contributed by atoms with E-state index in [1.165, 1.54) is 4.57 Å². The maximum atomic E-state index is 11.3. The Morgan fingerprint density at radius 1 is 1.29 bits per heavy atom. The molecule has 0 amide bonds. The van der Waals surface area contributed by atoms with E-state index in [1.54, 1.807) is 0 Å². The summed E-state index contributed by atoms with van der Waals surface area (Å²) in [7, 11) is 0. The van der Waals surface area contributed by atoms with E-state index in [2.05, 4.69) is 27.6 Å². The summed E-state index contributed by atoms with van der Waals surface area (Å²) in [5.41, 5.74) is -0.485. The van der Waals surface area contributed by atoms with E-state index in [0.29, 0.717) is 25.4 Å². The van der Waals surface area contributed by atoms with Crippen LogP contribution in [0.1, 0.15) is 17.8 Å². The third-order valence-electron chi connectivity index (χ3n) is 4.09. The number of ether oxygens (including phenoxy) is 1. The van der Waals surface area contributed by atoms with E-state index in [0.717, 1.165) is 27.1 Å². The number of fused-ring (bicyclic) bond motifs is 3. The Hall–Kier alpha value is -2.10. The molecule has 1 unspecified atom stereocenters. The van der Waals surface area contributed by atoms with Crippen molar-refractivity contribution in [3.63, 3.8) is 0 Å². The van der Waals surface area contributed by atoms with Gasteiger partial charge < -0.3 is 13.7 Å². The first-order valence-electron chi connectivity index (χ1n) is 7.54. The van der Waals surface area contributed by atoms with E-state index >= 15 is 0 Å². The van der Waals surface area contributed by atoms with Gasteiger partial charge in [0.1, 0.15) is 5.75 Å². The van der Waals surface area contributed by atoms with Crippen molar-refractivity contribution in [2.45, 2.75) is 19.3 Å². The number of rotatable bonds is 3. The minimum atomic E-state index is -1.04. The number of hydrogen-bond donors (Lipinski definition) is 0. The Kier molecular flexibility index (Phi) is 3.91. The average Bonchev–Trinajstić information content (AvgIpc) is 2.91. The molecule has 0 saturated heterocycles. The Morgan fingerprint density at radius 3 is 2.96 bits per heavy atom. The summed E-state index contributed by atoms with van der Waals surface area (Å²) in [6, 6.07) is 7.87. The molecule has 8 heteroatoms. The van der Waals surface area contributed by atoms with Gasteiger partial charge in [0.15, 0.2) is 0 Å². The maximum Gasteiger partial charge on any atom is 0.442 e. The quantitative estimate of drug-likeness (QED) is 0.458. The standard InChI is InChI=1S/C16H13IN2O5/c17-10-3-1-2-4-13(10)22-8-9-5-6-12-11(7-9)18-16-19(12)24-15(21)14(20)23-16/h1-4,9H,5-8H2. The fourth-order valence-electron chi connectivity index (χ4n) is 2.90. The van der Waals surface area contributed by atoms with Crippen molar-refractivity contribution in [2.24, 2.45) is 5.92 Å². The third-order valence-corrected chi connectivity index (χ3v) is 4.98. The van der Waals surface area contributed by atoms with Crippen LogP contribution in [0.25, 0.3) is 5.84 Å². The van der Waals surface area contributed by atoms with Crippen molar-refractivity contribution >= 4 is 28.4 Å². The van der Waals surface area contributed by atoms with E-state index in [1.807, 2.05) is 24.3 Å². The van der Waals surface area contributed by atoms with Gasteiger partial charge in [0.25, 0.3) is 0 Å². The van der Waals surface area contributed by atoms with Gasteiger partial charge in [-0.1, -0.05) is 12.1 Å². The Morgan fingerprint density at radius 2 is 2.12 bits per heavy atom. The van der Waals surface area contributed by atoms with Gasteiger partial charge in [-0.25, -0.2) is 9.59 Å². The largest absolute Gasteiger partial charge is 0.492 e. The number of hydrogen-bond acceptors (Lipinski definition) is 6. The minimum absolute atomic E-state index is 0.0313. The second-order valence-corrected chi connectivity index (χ2v) is 6.86. The number of para-hydroxylation sites is 1. The van der Waals surface area contributed by atoms with Crippen molar-refractivity contribution < 1.29 is 13.7 Å². The zero-order valence-corrected chi connectivity index (χ0v) is 14.7. The topological polar surface area (TPSA) is 87.0 Å². The molecule has 0 N–H and O–H groups in total. The van der Waals surface area contributed by atoms with Gasteiger partial charge in [-0.3, -0.25) is 0 Å². The van der Waals surface area contributed by atoms with Gasteiger partial charge in [-0.2, -0.15) is 4.98 Å². The van der Waals surface area contributed by atoms with Crippen LogP contribution in [0.4, 0.5) is 0 Å². The second kappa shape index (κ2) is 6.08. The van der Waals surface area contributed by atoms with Gasteiger partial charge in [-0.15, -0.1) is 4.57 Å². The summed E-state index contributed by atoms with van der Waals surface area (Å²) >= 11 is 2.25. The highest BCUT2D eigenvalue weighted by Gasteiger charge is 2.26. The maximum absolute atomic E-state index is 11.3. The summed E-state index contributed by atoms with van der Waals surface area (Å²) in [6.45, 7) is 0.585. The average molecular weight is 440 g/mol. The van der Waals surface area contributed by atoms with Gasteiger partial charge in [-0.05, 0) is 59.9 Å². The molecule has 0 spiro atoms. The van der Waals surface area contributed by atoms with Crippen LogP contribution in [-0.2, 0) is 12.8 Å². The highest BCUT2D eigenvalue weighted by Crippen LogP contribution is 2.27. The summed E-state index contributed by atoms with van der Waals surface area (Å²) in [6.07, 6.45) is 2.26. The molecule has 124 valence electrons. The van der Waals surface area contributed by atoms with Crippen molar-refractivity contribution in [1.29, 1.82) is 0 Å². The molecule has 0 saturated carbocycles. The molecule has 2 heterocycles. The lowest BCUT2D eigenvalue weighted by Gasteiger charge is -2.21. The number of aryl methyl sites for hydroxylation is 1. The minimum Gasteiger partial charge on any atom is -0.492 e. The molecule has 2 aromatic heterocycles. The molecule has 0 aliphatic heterocycles. The molecular weight excluding hydrogens is 427 g/mol. The fraction of sp³-hybridized carbons (Fsp3) is 0.312. The Balaban J connectivity index is 1.55. The molecule has 0 radical (unpaired) electrons. The molecule has 24 heavy (non-hydrogen) atoms. The summed E-state index contributed by atoms with van der Waals surface area (Å²) in [5.74, 6) is 1.21. The van der Waals surface area contributed by atoms with E-state index in [9.17, 15) is 9.59 Å². The molecular formula is C16H13IN2O5. The van der Waals surface area contributed by atoms with Gasteiger partial charge in [0.2, 0.25) is 0 Å². The van der Waals surface area contributed by atoms with Gasteiger partial charge in [0, 0.05) is 0 Å². The molecule has 4 rings (SSSR count). The smallest absolute Gasteiger partial charge is 0.442 e. The predicted molar refractivity (Wildman–Crippen MR) is 92.4 cm³/mol. The highest BCUT2D eigenvalue weighted by atomic mass is 127. The summed E-state index contributed by atoms with van der Waals surface area (Å²) in [5, 5.41) is 0. The first-order chi connectivity index (χ1) is 11.6. The van der Waals surface area contributed by atoms with Crippen LogP contribution in [-0.4, -0.2) is 16.2 Å². The number of halogens is 1. The predicted octanol–water partition coefficient (Wildman–Crippen LogP) is 2.03. The van der Waals surface area contributed by atoms with E-state index in [-0.39, 0.29) is 5.84 Å². The third kappa shape index (κ3) is 2.74. The number of imidazole rings is 1. The molecule has 7 nitrogen and oxygen atoms in total. The lowest BCUT2D eigenvalue weighted by atomic mass is 9.90. The zero-order chi connectivity index (χ0) is 16.7. The molecule has 0 bridgehead atoms. The molecule has 1 aromatic carbocycles. The lowest BCUT2D eigenvalue weighted by Crippen LogP contribution is -2.24. The monoisotopic (exact) mass is 440 g/mol. The second-order valence-electron chi connectivity index (χ2n) is 5.70. The lowest BCUT2D eigenvalue weighted by molar-refractivity contribution is 0.225. The highest BCUT2D eigenvalue weighted by molar-refractivity contribution is 14.1. The Labute approximate surface area is 149 Å². The number of benzene rings is 1. The van der Waals surface area contributed by atoms with Crippen LogP contribution < -0.4 is 16.0 Å². The van der Waals surface area contributed by atoms with Gasteiger partial charge >= 0.3 is 17.1 Å². The molecule has 1 aliphatic carbocycles. The molecule has 3 aromatic rings. The first kappa shape index (κ1) is 15.4. The molecule has 0 fully saturated rings. The summed E-state index contributed by atoms with van der Waals surface area (Å²) < 4.78 is 18.1. The SMILES string of the molecule is O=c1oc2nc3c(n2oc1=O)CCC(COc1ccccc1I)C3. The van der Waals surface area contributed by atoms with Crippen LogP contribution in [0.15, 0.2) is 42.8 Å².